The molecule has 2 aromatic rings. The highest BCUT2D eigenvalue weighted by Gasteiger charge is 2.61. The van der Waals surface area contributed by atoms with Crippen LogP contribution in [0.2, 0.25) is 0 Å². The standard InChI is InChI=1S/C23H32O.C20H26O/c1-5-12-23(24)14-22(4)16(3)7-11-20(22)19-10-8-17-13-15(2)6-9-18(17)21(19)23;1-12-4-7-15-14(10-12)6-8-16-17-9-5-13(2)20(17,3)11-18(21)19(15)16/h5-6,9,13,16,19-21,24H,1,7-8,10-12,14H2,2-4H3;4,7,10,13,16-17,19H,5-6,8-9,11H2,1-3H3/t16-,19?,20?,21?,22+,23-;13-,16?,17?,19?,20+/m00/s1. The molecule has 242 valence electrons. The fraction of sp³-hybridized carbons (Fsp3) is 0.651. The second-order valence-electron chi connectivity index (χ2n) is 17.4. The molecule has 4 fully saturated rings. The number of ketones is 1. The van der Waals surface area contributed by atoms with Gasteiger partial charge in [0.05, 0.1) is 5.60 Å². The largest absolute Gasteiger partial charge is 0.389 e. The second kappa shape index (κ2) is 11.2. The summed E-state index contributed by atoms with van der Waals surface area (Å²) >= 11 is 0. The Labute approximate surface area is 273 Å². The summed E-state index contributed by atoms with van der Waals surface area (Å²) in [6.45, 7) is 18.0. The number of fused-ring (bicyclic) bond motifs is 10. The molecule has 0 spiro atoms. The van der Waals surface area contributed by atoms with Crippen molar-refractivity contribution in [1.82, 2.24) is 0 Å². The fourth-order valence-electron chi connectivity index (χ4n) is 12.5. The minimum atomic E-state index is -0.624. The van der Waals surface area contributed by atoms with Crippen LogP contribution in [-0.2, 0) is 17.6 Å². The number of hydrogen-bond donors (Lipinski definition) is 1. The molecule has 2 nitrogen and oxygen atoms in total. The lowest BCUT2D eigenvalue weighted by Crippen LogP contribution is -2.55. The van der Waals surface area contributed by atoms with Gasteiger partial charge in [-0.1, -0.05) is 81.3 Å². The third kappa shape index (κ3) is 4.86. The highest BCUT2D eigenvalue weighted by molar-refractivity contribution is 5.88. The molecule has 1 N–H and O–H groups in total. The first-order valence-electron chi connectivity index (χ1n) is 18.4. The lowest BCUT2D eigenvalue weighted by atomic mass is 9.49. The van der Waals surface area contributed by atoms with Gasteiger partial charge in [-0.25, -0.2) is 0 Å². The van der Waals surface area contributed by atoms with Crippen molar-refractivity contribution in [2.24, 2.45) is 46.3 Å². The van der Waals surface area contributed by atoms with Gasteiger partial charge in [-0.05, 0) is 147 Å². The number of aryl methyl sites for hydroxylation is 4. The average molecular weight is 607 g/mol. The maximum Gasteiger partial charge on any atom is 0.141 e. The topological polar surface area (TPSA) is 37.3 Å². The van der Waals surface area contributed by atoms with Crippen LogP contribution in [0, 0.1) is 60.2 Å². The molecule has 11 atom stereocenters. The van der Waals surface area contributed by atoms with E-state index in [0.717, 1.165) is 37.0 Å². The molecular weight excluding hydrogens is 548 g/mol. The normalized spacial score (nSPS) is 42.6. The summed E-state index contributed by atoms with van der Waals surface area (Å²) in [7, 11) is 0. The summed E-state index contributed by atoms with van der Waals surface area (Å²) in [6, 6.07) is 13.7. The van der Waals surface area contributed by atoms with Crippen LogP contribution in [-0.4, -0.2) is 16.5 Å². The molecule has 0 aromatic heterocycles. The average Bonchev–Trinajstić information content (AvgIpc) is 3.46. The van der Waals surface area contributed by atoms with Crippen LogP contribution < -0.4 is 0 Å². The van der Waals surface area contributed by atoms with E-state index in [0.29, 0.717) is 34.9 Å². The van der Waals surface area contributed by atoms with Crippen molar-refractivity contribution in [2.45, 2.75) is 130 Å². The van der Waals surface area contributed by atoms with Crippen LogP contribution in [0.1, 0.15) is 131 Å². The Kier molecular flexibility index (Phi) is 7.83. The summed E-state index contributed by atoms with van der Waals surface area (Å²) in [5, 5.41) is 11.8. The number of rotatable bonds is 2. The lowest BCUT2D eigenvalue weighted by molar-refractivity contribution is -0.132. The molecule has 8 rings (SSSR count). The molecule has 6 aliphatic carbocycles. The van der Waals surface area contributed by atoms with Crippen molar-refractivity contribution in [3.63, 3.8) is 0 Å². The summed E-state index contributed by atoms with van der Waals surface area (Å²) in [5.74, 6) is 5.25. The zero-order valence-electron chi connectivity index (χ0n) is 29.0. The molecule has 4 saturated carbocycles. The van der Waals surface area contributed by atoms with Crippen molar-refractivity contribution in [3.05, 3.63) is 82.4 Å². The Morgan fingerprint density at radius 2 is 1.36 bits per heavy atom. The van der Waals surface area contributed by atoms with Crippen LogP contribution >= 0.6 is 0 Å². The SMILES string of the molecule is C=CC[C@]1(O)C[C@@]2(C)C(CC[C@@H]2C)C2CCc3cc(C)ccc3C21.Cc1ccc2c(c1)CCC1C2C(=O)C[C@@]2(C)C1CC[C@@H]2C. The van der Waals surface area contributed by atoms with E-state index in [1.165, 1.54) is 84.7 Å². The summed E-state index contributed by atoms with van der Waals surface area (Å²) in [6.07, 6.45) is 14.6. The second-order valence-corrected chi connectivity index (χ2v) is 17.4. The molecule has 0 radical (unpaired) electrons. The Hall–Kier alpha value is -2.19. The molecule has 45 heavy (non-hydrogen) atoms. The van der Waals surface area contributed by atoms with Gasteiger partial charge in [0.15, 0.2) is 0 Å². The van der Waals surface area contributed by atoms with E-state index in [1.807, 2.05) is 6.08 Å². The Balaban J connectivity index is 0.000000146. The van der Waals surface area contributed by atoms with Gasteiger partial charge in [-0.15, -0.1) is 6.58 Å². The van der Waals surface area contributed by atoms with Gasteiger partial charge in [0.25, 0.3) is 0 Å². The predicted octanol–water partition coefficient (Wildman–Crippen LogP) is 10.1. The van der Waals surface area contributed by atoms with E-state index >= 15 is 0 Å². The molecule has 0 aliphatic heterocycles. The number of Topliss-reactive ketones (excluding diaryl/α,β-unsaturated/α-hetero) is 1. The van der Waals surface area contributed by atoms with Crippen LogP contribution in [0.25, 0.3) is 0 Å². The Bertz CT molecular complexity index is 1490. The summed E-state index contributed by atoms with van der Waals surface area (Å²) in [4.78, 5) is 13.0. The predicted molar refractivity (Wildman–Crippen MR) is 185 cm³/mol. The van der Waals surface area contributed by atoms with Gasteiger partial charge >= 0.3 is 0 Å². The number of carbonyl (C=O) groups excluding carboxylic acids is 1. The highest BCUT2D eigenvalue weighted by Crippen LogP contribution is 2.66. The van der Waals surface area contributed by atoms with Crippen LogP contribution in [0.4, 0.5) is 0 Å². The molecule has 6 unspecified atom stereocenters. The van der Waals surface area contributed by atoms with E-state index in [2.05, 4.69) is 84.5 Å². The molecule has 2 aromatic carbocycles. The van der Waals surface area contributed by atoms with Gasteiger partial charge in [0.2, 0.25) is 0 Å². The van der Waals surface area contributed by atoms with Crippen LogP contribution in [0.3, 0.4) is 0 Å². The number of aliphatic hydroxyl groups is 1. The fourth-order valence-corrected chi connectivity index (χ4v) is 12.5. The van der Waals surface area contributed by atoms with Crippen LogP contribution in [0.15, 0.2) is 49.1 Å². The van der Waals surface area contributed by atoms with Gasteiger partial charge in [0, 0.05) is 18.3 Å². The summed E-state index contributed by atoms with van der Waals surface area (Å²) in [5.41, 5.74) is 8.34. The van der Waals surface area contributed by atoms with E-state index < -0.39 is 5.60 Å². The first-order chi connectivity index (χ1) is 21.4. The van der Waals surface area contributed by atoms with E-state index in [9.17, 15) is 9.90 Å². The van der Waals surface area contributed by atoms with Crippen LogP contribution in [0.5, 0.6) is 0 Å². The molecule has 0 bridgehead atoms. The Morgan fingerprint density at radius 1 is 0.800 bits per heavy atom. The first kappa shape index (κ1) is 31.4. The van der Waals surface area contributed by atoms with E-state index in [4.69, 9.17) is 0 Å². The third-order valence-corrected chi connectivity index (χ3v) is 15.1. The van der Waals surface area contributed by atoms with Gasteiger partial charge < -0.3 is 5.11 Å². The third-order valence-electron chi connectivity index (χ3n) is 15.1. The van der Waals surface area contributed by atoms with Gasteiger partial charge in [-0.2, -0.15) is 0 Å². The monoisotopic (exact) mass is 606 g/mol. The maximum absolute atomic E-state index is 13.0. The highest BCUT2D eigenvalue weighted by atomic mass is 16.3. The number of carbonyl (C=O) groups is 1. The first-order valence-corrected chi connectivity index (χ1v) is 18.4. The van der Waals surface area contributed by atoms with Crippen molar-refractivity contribution >= 4 is 5.78 Å². The molecular formula is C43H58O2. The molecule has 6 aliphatic rings. The minimum Gasteiger partial charge on any atom is -0.389 e. The van der Waals surface area contributed by atoms with E-state index in [-0.39, 0.29) is 11.3 Å². The molecule has 0 amide bonds. The zero-order valence-corrected chi connectivity index (χ0v) is 29.0. The van der Waals surface area contributed by atoms with Crippen molar-refractivity contribution < 1.29 is 9.90 Å². The van der Waals surface area contributed by atoms with Gasteiger partial charge in [-0.3, -0.25) is 4.79 Å². The minimum absolute atomic E-state index is 0.206. The van der Waals surface area contributed by atoms with Crippen molar-refractivity contribution in [1.29, 1.82) is 0 Å². The zero-order chi connectivity index (χ0) is 31.9. The maximum atomic E-state index is 13.0. The summed E-state index contributed by atoms with van der Waals surface area (Å²) < 4.78 is 0. The molecule has 2 heteroatoms. The Morgan fingerprint density at radius 3 is 2.00 bits per heavy atom. The number of hydrogen-bond acceptors (Lipinski definition) is 2. The molecule has 0 heterocycles. The molecule has 0 saturated heterocycles. The quantitative estimate of drug-likeness (QED) is 0.346. The number of benzene rings is 2. The smallest absolute Gasteiger partial charge is 0.141 e. The van der Waals surface area contributed by atoms with Crippen molar-refractivity contribution in [2.75, 3.05) is 0 Å². The lowest BCUT2D eigenvalue weighted by Gasteiger charge is -2.58. The van der Waals surface area contributed by atoms with E-state index in [1.54, 1.807) is 0 Å². The van der Waals surface area contributed by atoms with Gasteiger partial charge in [0.1, 0.15) is 5.78 Å². The van der Waals surface area contributed by atoms with Crippen molar-refractivity contribution in [3.8, 4) is 0 Å².